The van der Waals surface area contributed by atoms with E-state index in [1.54, 1.807) is 54.6 Å². The minimum atomic E-state index is -0.552. The SMILES string of the molecule is COc1cc(C=Nn2c(-c3cc4cc(Cl)ccc4o3)nc3ccccc3c2=O)c(Br)c(Br)c1Oc1ccc([N+](=O)[O-])cn1. The number of furan rings is 1. The molecule has 214 valence electrons. The molecule has 0 aliphatic heterocycles. The van der Waals surface area contributed by atoms with E-state index in [2.05, 4.69) is 41.9 Å². The van der Waals surface area contributed by atoms with Crippen LogP contribution in [0.25, 0.3) is 33.5 Å². The van der Waals surface area contributed by atoms with E-state index in [1.165, 1.54) is 30.1 Å². The number of hydrogen-bond acceptors (Lipinski definition) is 9. The van der Waals surface area contributed by atoms with E-state index in [0.717, 1.165) is 11.6 Å². The molecule has 6 rings (SSSR count). The largest absolute Gasteiger partial charge is 0.493 e. The first-order chi connectivity index (χ1) is 20.7. The van der Waals surface area contributed by atoms with Gasteiger partial charge < -0.3 is 13.9 Å². The van der Waals surface area contributed by atoms with Crippen molar-refractivity contribution >= 4 is 77.2 Å². The van der Waals surface area contributed by atoms with Gasteiger partial charge in [0.2, 0.25) is 11.7 Å². The molecule has 0 saturated carbocycles. The molecule has 0 fully saturated rings. The molecule has 0 radical (unpaired) electrons. The maximum Gasteiger partial charge on any atom is 0.287 e. The van der Waals surface area contributed by atoms with E-state index in [1.807, 2.05) is 0 Å². The Morgan fingerprint density at radius 3 is 2.65 bits per heavy atom. The van der Waals surface area contributed by atoms with Crippen LogP contribution in [0.3, 0.4) is 0 Å². The van der Waals surface area contributed by atoms with Gasteiger partial charge in [-0.3, -0.25) is 14.9 Å². The highest BCUT2D eigenvalue weighted by Crippen LogP contribution is 2.44. The molecule has 11 nitrogen and oxygen atoms in total. The molecule has 3 aromatic heterocycles. The summed E-state index contributed by atoms with van der Waals surface area (Å²) in [6.45, 7) is 0. The quantitative estimate of drug-likeness (QED) is 0.0919. The highest BCUT2D eigenvalue weighted by atomic mass is 79.9. The zero-order chi connectivity index (χ0) is 30.2. The van der Waals surface area contributed by atoms with Crippen LogP contribution in [0.15, 0.2) is 96.2 Å². The first-order valence-corrected chi connectivity index (χ1v) is 14.3. The Morgan fingerprint density at radius 1 is 1.09 bits per heavy atom. The lowest BCUT2D eigenvalue weighted by Gasteiger charge is -2.14. The number of aromatic nitrogens is 3. The van der Waals surface area contributed by atoms with E-state index in [9.17, 15) is 14.9 Å². The van der Waals surface area contributed by atoms with E-state index < -0.39 is 10.5 Å². The molecular formula is C29H16Br2ClN5O6. The first-order valence-electron chi connectivity index (χ1n) is 12.3. The molecule has 0 spiro atoms. The number of hydrogen-bond donors (Lipinski definition) is 0. The Labute approximate surface area is 263 Å². The van der Waals surface area contributed by atoms with E-state index in [0.29, 0.717) is 47.5 Å². The van der Waals surface area contributed by atoms with E-state index in [4.69, 9.17) is 30.5 Å². The topological polar surface area (TPSA) is 135 Å². The molecule has 3 heterocycles. The number of methoxy groups -OCH3 is 1. The normalized spacial score (nSPS) is 11.4. The van der Waals surface area contributed by atoms with Gasteiger partial charge in [-0.2, -0.15) is 9.78 Å². The van der Waals surface area contributed by atoms with Crippen LogP contribution in [0.1, 0.15) is 5.56 Å². The van der Waals surface area contributed by atoms with Crippen molar-refractivity contribution in [3.63, 3.8) is 0 Å². The van der Waals surface area contributed by atoms with Gasteiger partial charge in [0.1, 0.15) is 11.8 Å². The molecule has 0 aliphatic rings. The van der Waals surface area contributed by atoms with Crippen LogP contribution in [0.2, 0.25) is 5.02 Å². The second kappa shape index (κ2) is 11.6. The van der Waals surface area contributed by atoms with Crippen LogP contribution < -0.4 is 15.0 Å². The predicted molar refractivity (Wildman–Crippen MR) is 169 cm³/mol. The maximum atomic E-state index is 13.6. The minimum absolute atomic E-state index is 0.114. The molecular weight excluding hydrogens is 710 g/mol. The Hall–Kier alpha value is -4.59. The van der Waals surface area contributed by atoms with Crippen LogP contribution in [0.5, 0.6) is 17.4 Å². The molecule has 6 aromatic rings. The smallest absolute Gasteiger partial charge is 0.287 e. The number of fused-ring (bicyclic) bond motifs is 2. The molecule has 43 heavy (non-hydrogen) atoms. The number of benzene rings is 3. The second-order valence-electron chi connectivity index (χ2n) is 8.95. The van der Waals surface area contributed by atoms with Crippen LogP contribution in [-0.4, -0.2) is 32.9 Å². The van der Waals surface area contributed by atoms with Crippen molar-refractivity contribution in [2.45, 2.75) is 0 Å². The highest BCUT2D eigenvalue weighted by Gasteiger charge is 2.20. The maximum absolute atomic E-state index is 13.6. The number of halogens is 3. The molecule has 14 heteroatoms. The fourth-order valence-electron chi connectivity index (χ4n) is 4.23. The predicted octanol–water partition coefficient (Wildman–Crippen LogP) is 7.97. The lowest BCUT2D eigenvalue weighted by atomic mass is 10.2. The highest BCUT2D eigenvalue weighted by molar-refractivity contribution is 9.13. The summed E-state index contributed by atoms with van der Waals surface area (Å²) < 4.78 is 19.6. The minimum Gasteiger partial charge on any atom is -0.493 e. The number of rotatable bonds is 7. The summed E-state index contributed by atoms with van der Waals surface area (Å²) in [4.78, 5) is 32.7. The second-order valence-corrected chi connectivity index (χ2v) is 11.0. The van der Waals surface area contributed by atoms with E-state index in [-0.39, 0.29) is 23.1 Å². The summed E-state index contributed by atoms with van der Waals surface area (Å²) in [5.74, 6) is 1.20. The summed E-state index contributed by atoms with van der Waals surface area (Å²) in [5, 5.41) is 17.1. The molecule has 0 bridgehead atoms. The molecule has 3 aromatic carbocycles. The van der Waals surface area contributed by atoms with Crippen molar-refractivity contribution in [1.82, 2.24) is 14.6 Å². The molecule has 0 unspecified atom stereocenters. The summed E-state index contributed by atoms with van der Waals surface area (Å²) in [6, 6.07) is 18.2. The monoisotopic (exact) mass is 723 g/mol. The van der Waals surface area contributed by atoms with Gasteiger partial charge in [0.15, 0.2) is 17.3 Å². The number of nitrogens with zero attached hydrogens (tertiary/aromatic N) is 5. The Bertz CT molecular complexity index is 2150. The average molecular weight is 726 g/mol. The van der Waals surface area contributed by atoms with Crippen molar-refractivity contribution in [3.8, 4) is 29.0 Å². The van der Waals surface area contributed by atoms with Crippen LogP contribution in [-0.2, 0) is 0 Å². The molecule has 0 aliphatic carbocycles. The van der Waals surface area contributed by atoms with Gasteiger partial charge in [0.05, 0.1) is 33.6 Å². The van der Waals surface area contributed by atoms with E-state index >= 15 is 0 Å². The van der Waals surface area contributed by atoms with Gasteiger partial charge in [-0.15, -0.1) is 0 Å². The van der Waals surface area contributed by atoms with Gasteiger partial charge in [0.25, 0.3) is 11.2 Å². The Morgan fingerprint density at radius 2 is 1.91 bits per heavy atom. The lowest BCUT2D eigenvalue weighted by molar-refractivity contribution is -0.385. The zero-order valence-electron chi connectivity index (χ0n) is 21.8. The Kier molecular flexibility index (Phi) is 7.69. The standard InChI is InChI=1S/C29H16Br2ClN5O6/c1-41-22-12-16(25(30)26(31)27(22)43-24-9-7-18(14-33-24)37(39)40)13-34-36-28(35-20-5-3-2-4-19(20)29(36)38)23-11-15-10-17(32)6-8-21(15)42-23/h2-14H,1H3. The van der Waals surface area contributed by atoms with Gasteiger partial charge in [-0.05, 0) is 74.3 Å². The third-order valence-electron chi connectivity index (χ3n) is 6.28. The number of nitro groups is 1. The summed E-state index contributed by atoms with van der Waals surface area (Å²) >= 11 is 13.2. The van der Waals surface area contributed by atoms with Gasteiger partial charge in [0, 0.05) is 32.6 Å². The fraction of sp³-hybridized carbons (Fsp3) is 0.0345. The Balaban J connectivity index is 1.44. The van der Waals surface area contributed by atoms with Crippen molar-refractivity contribution in [1.29, 1.82) is 0 Å². The zero-order valence-corrected chi connectivity index (χ0v) is 25.8. The fourth-order valence-corrected chi connectivity index (χ4v) is 5.31. The summed E-state index contributed by atoms with van der Waals surface area (Å²) in [6.07, 6.45) is 2.56. The number of ether oxygens (including phenoxy) is 2. The van der Waals surface area contributed by atoms with Crippen molar-refractivity contribution in [3.05, 3.63) is 113 Å². The molecule has 0 N–H and O–H groups in total. The van der Waals surface area contributed by atoms with Crippen molar-refractivity contribution < 1.29 is 18.8 Å². The summed E-state index contributed by atoms with van der Waals surface area (Å²) in [5.41, 5.74) is 1.01. The van der Waals surface area contributed by atoms with Gasteiger partial charge in [-0.1, -0.05) is 23.7 Å². The van der Waals surface area contributed by atoms with Crippen LogP contribution in [0.4, 0.5) is 5.69 Å². The molecule has 0 atom stereocenters. The third-order valence-corrected chi connectivity index (χ3v) is 8.66. The molecule has 0 amide bonds. The van der Waals surface area contributed by atoms with Gasteiger partial charge in [-0.25, -0.2) is 9.97 Å². The lowest BCUT2D eigenvalue weighted by Crippen LogP contribution is -2.20. The number of para-hydroxylation sites is 1. The average Bonchev–Trinajstić information content (AvgIpc) is 3.43. The number of pyridine rings is 1. The van der Waals surface area contributed by atoms with Gasteiger partial charge >= 0.3 is 0 Å². The molecule has 0 saturated heterocycles. The van der Waals surface area contributed by atoms with Crippen molar-refractivity contribution in [2.75, 3.05) is 7.11 Å². The van der Waals surface area contributed by atoms with Crippen LogP contribution >= 0.6 is 43.5 Å². The van der Waals surface area contributed by atoms with Crippen molar-refractivity contribution in [2.24, 2.45) is 5.10 Å². The summed E-state index contributed by atoms with van der Waals surface area (Å²) in [7, 11) is 1.45. The van der Waals surface area contributed by atoms with Crippen LogP contribution in [0, 0.1) is 10.1 Å². The first kappa shape index (κ1) is 28.5. The third kappa shape index (κ3) is 5.49.